The molecule has 2 aliphatic heterocycles. The Morgan fingerprint density at radius 1 is 1.28 bits per heavy atom. The van der Waals surface area contributed by atoms with Gasteiger partial charge in [-0.1, -0.05) is 30.3 Å². The molecular formula is C15H19NO2. The number of hydrogen-bond acceptors (Lipinski definition) is 3. The summed E-state index contributed by atoms with van der Waals surface area (Å²) in [4.78, 5) is 12.1. The number of nitrogens with one attached hydrogen (secondary N) is 1. The van der Waals surface area contributed by atoms with Crippen LogP contribution in [-0.2, 0) is 9.53 Å². The molecule has 2 bridgehead atoms. The monoisotopic (exact) mass is 245 g/mol. The van der Waals surface area contributed by atoms with Crippen LogP contribution in [0.5, 0.6) is 0 Å². The Morgan fingerprint density at radius 2 is 2.06 bits per heavy atom. The van der Waals surface area contributed by atoms with E-state index in [0.717, 1.165) is 12.8 Å². The summed E-state index contributed by atoms with van der Waals surface area (Å²) in [6.45, 7) is 0. The second-order valence-electron chi connectivity index (χ2n) is 5.35. The summed E-state index contributed by atoms with van der Waals surface area (Å²) in [6.07, 6.45) is 3.32. The van der Waals surface area contributed by atoms with E-state index in [9.17, 15) is 4.79 Å². The average Bonchev–Trinajstić information content (AvgIpc) is 2.80. The molecule has 96 valence electrons. The van der Waals surface area contributed by atoms with E-state index >= 15 is 0 Å². The highest BCUT2D eigenvalue weighted by molar-refractivity contribution is 5.75. The van der Waals surface area contributed by atoms with E-state index in [-0.39, 0.29) is 11.9 Å². The maximum atomic E-state index is 12.1. The van der Waals surface area contributed by atoms with Crippen molar-refractivity contribution in [3.63, 3.8) is 0 Å². The van der Waals surface area contributed by atoms with E-state index in [0.29, 0.717) is 18.0 Å². The molecule has 4 atom stereocenters. The van der Waals surface area contributed by atoms with Gasteiger partial charge in [0.1, 0.15) is 0 Å². The number of fused-ring (bicyclic) bond motifs is 2. The summed E-state index contributed by atoms with van der Waals surface area (Å²) in [5.41, 5.74) is 1.27. The number of carbonyl (C=O) groups is 1. The van der Waals surface area contributed by atoms with E-state index < -0.39 is 0 Å². The van der Waals surface area contributed by atoms with E-state index in [1.54, 1.807) is 0 Å². The molecule has 0 saturated carbocycles. The molecule has 1 unspecified atom stereocenters. The minimum Gasteiger partial charge on any atom is -0.469 e. The van der Waals surface area contributed by atoms with Gasteiger partial charge in [-0.15, -0.1) is 0 Å². The van der Waals surface area contributed by atoms with E-state index in [4.69, 9.17) is 4.74 Å². The number of rotatable bonds is 2. The molecule has 2 heterocycles. The fourth-order valence-electron chi connectivity index (χ4n) is 3.56. The lowest BCUT2D eigenvalue weighted by Crippen LogP contribution is -2.48. The molecule has 2 fully saturated rings. The number of carbonyl (C=O) groups excluding carboxylic acids is 1. The van der Waals surface area contributed by atoms with Crippen LogP contribution in [0, 0.1) is 5.92 Å². The van der Waals surface area contributed by atoms with Gasteiger partial charge in [-0.25, -0.2) is 0 Å². The average molecular weight is 245 g/mol. The normalized spacial score (nSPS) is 34.3. The number of benzene rings is 1. The van der Waals surface area contributed by atoms with Crippen LogP contribution in [0.4, 0.5) is 0 Å². The van der Waals surface area contributed by atoms with Crippen LogP contribution in [0.2, 0.25) is 0 Å². The van der Waals surface area contributed by atoms with Gasteiger partial charge in [0.25, 0.3) is 0 Å². The summed E-state index contributed by atoms with van der Waals surface area (Å²) < 4.78 is 5.01. The van der Waals surface area contributed by atoms with Gasteiger partial charge in [-0.2, -0.15) is 0 Å². The Labute approximate surface area is 108 Å². The zero-order chi connectivity index (χ0) is 12.5. The third-order valence-electron chi connectivity index (χ3n) is 4.38. The van der Waals surface area contributed by atoms with Crippen molar-refractivity contribution >= 4 is 5.97 Å². The molecule has 3 rings (SSSR count). The molecular weight excluding hydrogens is 226 g/mol. The van der Waals surface area contributed by atoms with Gasteiger partial charge in [-0.3, -0.25) is 4.79 Å². The molecule has 1 aromatic carbocycles. The van der Waals surface area contributed by atoms with Gasteiger partial charge < -0.3 is 10.1 Å². The van der Waals surface area contributed by atoms with Crippen LogP contribution in [0.1, 0.15) is 30.7 Å². The molecule has 0 aromatic heterocycles. The highest BCUT2D eigenvalue weighted by Gasteiger charge is 2.46. The maximum Gasteiger partial charge on any atom is 0.310 e. The third kappa shape index (κ3) is 1.93. The number of hydrogen-bond donors (Lipinski definition) is 1. The SMILES string of the molecule is COC(=O)[C@H]1C(c2ccccc2)C[C@@H]2CC[C@H]1N2. The molecule has 2 aliphatic rings. The first-order valence-electron chi connectivity index (χ1n) is 6.68. The summed E-state index contributed by atoms with van der Waals surface area (Å²) >= 11 is 0. The fraction of sp³-hybridized carbons (Fsp3) is 0.533. The van der Waals surface area contributed by atoms with Crippen molar-refractivity contribution in [3.05, 3.63) is 35.9 Å². The predicted molar refractivity (Wildman–Crippen MR) is 69.3 cm³/mol. The summed E-state index contributed by atoms with van der Waals surface area (Å²) in [7, 11) is 1.49. The lowest BCUT2D eigenvalue weighted by Gasteiger charge is -2.36. The summed E-state index contributed by atoms with van der Waals surface area (Å²) in [5, 5.41) is 3.55. The molecule has 0 aliphatic carbocycles. The highest BCUT2D eigenvalue weighted by atomic mass is 16.5. The van der Waals surface area contributed by atoms with Gasteiger partial charge in [0.2, 0.25) is 0 Å². The van der Waals surface area contributed by atoms with Crippen molar-refractivity contribution < 1.29 is 9.53 Å². The van der Waals surface area contributed by atoms with Crippen LogP contribution >= 0.6 is 0 Å². The summed E-state index contributed by atoms with van der Waals surface area (Å²) in [6, 6.07) is 11.2. The van der Waals surface area contributed by atoms with Crippen LogP contribution in [0.15, 0.2) is 30.3 Å². The third-order valence-corrected chi connectivity index (χ3v) is 4.38. The smallest absolute Gasteiger partial charge is 0.310 e. The molecule has 2 saturated heterocycles. The molecule has 3 heteroatoms. The quantitative estimate of drug-likeness (QED) is 0.811. The minimum atomic E-state index is -0.0679. The van der Waals surface area contributed by atoms with Gasteiger partial charge >= 0.3 is 5.97 Å². The highest BCUT2D eigenvalue weighted by Crippen LogP contribution is 2.42. The van der Waals surface area contributed by atoms with Crippen molar-refractivity contribution in [1.82, 2.24) is 5.32 Å². The van der Waals surface area contributed by atoms with Crippen molar-refractivity contribution in [2.24, 2.45) is 5.92 Å². The Balaban J connectivity index is 1.93. The van der Waals surface area contributed by atoms with Crippen molar-refractivity contribution in [1.29, 1.82) is 0 Å². The van der Waals surface area contributed by atoms with Crippen LogP contribution in [0.25, 0.3) is 0 Å². The number of esters is 1. The zero-order valence-corrected chi connectivity index (χ0v) is 10.6. The fourth-order valence-corrected chi connectivity index (χ4v) is 3.56. The predicted octanol–water partition coefficient (Wildman–Crippen LogP) is 2.08. The Bertz CT molecular complexity index is 431. The first kappa shape index (κ1) is 11.7. The first-order chi connectivity index (χ1) is 8.79. The second-order valence-corrected chi connectivity index (χ2v) is 5.35. The number of ether oxygens (including phenoxy) is 1. The van der Waals surface area contributed by atoms with Gasteiger partial charge in [-0.05, 0) is 24.8 Å². The van der Waals surface area contributed by atoms with Crippen molar-refractivity contribution in [2.75, 3.05) is 7.11 Å². The second kappa shape index (κ2) is 4.73. The Hall–Kier alpha value is -1.35. The van der Waals surface area contributed by atoms with Crippen LogP contribution in [-0.4, -0.2) is 25.2 Å². The Morgan fingerprint density at radius 3 is 2.78 bits per heavy atom. The Kier molecular flexibility index (Phi) is 3.08. The molecule has 0 spiro atoms. The molecule has 0 radical (unpaired) electrons. The van der Waals surface area contributed by atoms with Gasteiger partial charge in [0.05, 0.1) is 13.0 Å². The zero-order valence-electron chi connectivity index (χ0n) is 10.6. The molecule has 1 aromatic rings. The lowest BCUT2D eigenvalue weighted by molar-refractivity contribution is -0.148. The first-order valence-corrected chi connectivity index (χ1v) is 6.68. The topological polar surface area (TPSA) is 38.3 Å². The van der Waals surface area contributed by atoms with Gasteiger partial charge in [0, 0.05) is 18.0 Å². The molecule has 3 nitrogen and oxygen atoms in total. The van der Waals surface area contributed by atoms with Crippen molar-refractivity contribution in [2.45, 2.75) is 37.3 Å². The summed E-state index contributed by atoms with van der Waals surface area (Å²) in [5.74, 6) is 0.204. The van der Waals surface area contributed by atoms with Gasteiger partial charge in [0.15, 0.2) is 0 Å². The van der Waals surface area contributed by atoms with E-state index in [1.807, 2.05) is 18.2 Å². The number of methoxy groups -OCH3 is 1. The molecule has 18 heavy (non-hydrogen) atoms. The minimum absolute atomic E-state index is 0.0313. The maximum absolute atomic E-state index is 12.1. The number of piperidine rings is 1. The lowest BCUT2D eigenvalue weighted by atomic mass is 9.77. The largest absolute Gasteiger partial charge is 0.469 e. The van der Waals surface area contributed by atoms with E-state index in [1.165, 1.54) is 19.1 Å². The van der Waals surface area contributed by atoms with Crippen LogP contribution < -0.4 is 5.32 Å². The molecule has 0 amide bonds. The standard InChI is InChI=1S/C15H19NO2/c1-18-15(17)14-12(10-5-3-2-4-6-10)9-11-7-8-13(14)16-11/h2-6,11-14,16H,7-9H2,1H3/t11-,12?,13+,14-/m0/s1. The van der Waals surface area contributed by atoms with E-state index in [2.05, 4.69) is 17.4 Å². The van der Waals surface area contributed by atoms with Crippen molar-refractivity contribution in [3.8, 4) is 0 Å². The molecule has 1 N–H and O–H groups in total. The van der Waals surface area contributed by atoms with Crippen LogP contribution in [0.3, 0.4) is 0 Å².